The number of carbonyl (C=O) groups is 2. The lowest BCUT2D eigenvalue weighted by molar-refractivity contribution is -0.116. The Hall–Kier alpha value is -1.84. The van der Waals surface area contributed by atoms with Gasteiger partial charge in [-0.3, -0.25) is 4.79 Å². The van der Waals surface area contributed by atoms with Crippen molar-refractivity contribution in [1.29, 1.82) is 0 Å². The zero-order chi connectivity index (χ0) is 13.2. The summed E-state index contributed by atoms with van der Waals surface area (Å²) in [6.45, 7) is 6.99. The van der Waals surface area contributed by atoms with Crippen LogP contribution in [0.3, 0.4) is 0 Å². The normalized spacial score (nSPS) is 10.4. The van der Waals surface area contributed by atoms with E-state index in [9.17, 15) is 9.59 Å². The molecule has 0 aliphatic carbocycles. The van der Waals surface area contributed by atoms with Crippen LogP contribution >= 0.6 is 0 Å². The molecule has 1 N–H and O–H groups in total. The summed E-state index contributed by atoms with van der Waals surface area (Å²) in [7, 11) is 0. The maximum atomic E-state index is 11.6. The summed E-state index contributed by atoms with van der Waals surface area (Å²) in [5, 5.41) is 9.05. The van der Waals surface area contributed by atoms with Gasteiger partial charge in [-0.25, -0.2) is 4.79 Å². The summed E-state index contributed by atoms with van der Waals surface area (Å²) in [5.41, 5.74) is 1.51. The lowest BCUT2D eigenvalue weighted by Gasteiger charge is -2.27. The molecule has 0 saturated carbocycles. The van der Waals surface area contributed by atoms with Crippen molar-refractivity contribution in [3.63, 3.8) is 0 Å². The first-order valence-electron chi connectivity index (χ1n) is 5.49. The van der Waals surface area contributed by atoms with Gasteiger partial charge in [0.1, 0.15) is 0 Å². The number of benzene rings is 1. The van der Waals surface area contributed by atoms with Gasteiger partial charge >= 0.3 is 5.97 Å². The van der Waals surface area contributed by atoms with Crippen LogP contribution in [0.15, 0.2) is 18.2 Å². The molecule has 1 aromatic carbocycles. The minimum absolute atomic E-state index is 0.00440. The van der Waals surface area contributed by atoms with Gasteiger partial charge in [-0.05, 0) is 38.5 Å². The van der Waals surface area contributed by atoms with Gasteiger partial charge in [0.15, 0.2) is 0 Å². The summed E-state index contributed by atoms with van der Waals surface area (Å²) in [4.78, 5) is 24.2. The highest BCUT2D eigenvalue weighted by atomic mass is 16.4. The number of carboxylic acid groups (broad SMARTS) is 1. The van der Waals surface area contributed by atoms with Crippen LogP contribution in [0.4, 0.5) is 5.69 Å². The van der Waals surface area contributed by atoms with Gasteiger partial charge in [0.2, 0.25) is 5.91 Å². The number of hydrogen-bond acceptors (Lipinski definition) is 2. The van der Waals surface area contributed by atoms with Crippen LogP contribution in [0.1, 0.15) is 36.7 Å². The van der Waals surface area contributed by atoms with E-state index in [0.717, 1.165) is 0 Å². The largest absolute Gasteiger partial charge is 0.478 e. The number of aromatic carboxylic acids is 1. The Morgan fingerprint density at radius 3 is 2.29 bits per heavy atom. The number of rotatable bonds is 3. The quantitative estimate of drug-likeness (QED) is 0.875. The SMILES string of the molecule is CC(=O)N(c1cccc(C(=O)O)c1C)C(C)C. The van der Waals surface area contributed by atoms with Crippen molar-refractivity contribution < 1.29 is 14.7 Å². The van der Waals surface area contributed by atoms with Crippen molar-refractivity contribution >= 4 is 17.6 Å². The third-order valence-corrected chi connectivity index (χ3v) is 2.65. The first-order valence-corrected chi connectivity index (χ1v) is 5.49. The number of carboxylic acids is 1. The highest BCUT2D eigenvalue weighted by Gasteiger charge is 2.19. The second-order valence-corrected chi connectivity index (χ2v) is 4.24. The Morgan fingerprint density at radius 2 is 1.88 bits per heavy atom. The molecule has 1 aromatic rings. The molecule has 4 nitrogen and oxygen atoms in total. The Bertz CT molecular complexity index is 452. The molecule has 17 heavy (non-hydrogen) atoms. The molecule has 0 fully saturated rings. The predicted octanol–water partition coefficient (Wildman–Crippen LogP) is 2.45. The minimum Gasteiger partial charge on any atom is -0.478 e. The maximum Gasteiger partial charge on any atom is 0.336 e. The van der Waals surface area contributed by atoms with Crippen LogP contribution in [-0.2, 0) is 4.79 Å². The molecule has 92 valence electrons. The Kier molecular flexibility index (Phi) is 3.89. The summed E-state index contributed by atoms with van der Waals surface area (Å²) >= 11 is 0. The second-order valence-electron chi connectivity index (χ2n) is 4.24. The lowest BCUT2D eigenvalue weighted by Crippen LogP contribution is -2.35. The highest BCUT2D eigenvalue weighted by Crippen LogP contribution is 2.25. The molecule has 4 heteroatoms. The second kappa shape index (κ2) is 4.99. The maximum absolute atomic E-state index is 11.6. The molecule has 0 radical (unpaired) electrons. The molecule has 0 heterocycles. The fourth-order valence-corrected chi connectivity index (χ4v) is 1.93. The molecule has 0 unspecified atom stereocenters. The molecule has 0 bridgehead atoms. The standard InChI is InChI=1S/C13H17NO3/c1-8(2)14(10(4)15)12-7-5-6-11(9(12)3)13(16)17/h5-8H,1-4H3,(H,16,17). The number of amides is 1. The highest BCUT2D eigenvalue weighted by molar-refractivity contribution is 5.96. The van der Waals surface area contributed by atoms with Crippen molar-refractivity contribution in [2.75, 3.05) is 4.90 Å². The van der Waals surface area contributed by atoms with Gasteiger partial charge < -0.3 is 10.0 Å². The topological polar surface area (TPSA) is 57.6 Å². The van der Waals surface area contributed by atoms with Crippen molar-refractivity contribution in [3.8, 4) is 0 Å². The summed E-state index contributed by atoms with van der Waals surface area (Å²) in [6.07, 6.45) is 0. The van der Waals surface area contributed by atoms with Crippen LogP contribution in [0.5, 0.6) is 0 Å². The molecule has 0 aliphatic heterocycles. The van der Waals surface area contributed by atoms with Crippen LogP contribution in [0.25, 0.3) is 0 Å². The lowest BCUT2D eigenvalue weighted by atomic mass is 10.0. The Balaban J connectivity index is 3.35. The van der Waals surface area contributed by atoms with Crippen LogP contribution < -0.4 is 4.90 Å². The van der Waals surface area contributed by atoms with E-state index in [0.29, 0.717) is 11.3 Å². The van der Waals surface area contributed by atoms with Gasteiger partial charge in [-0.2, -0.15) is 0 Å². The summed E-state index contributed by atoms with van der Waals surface area (Å²) in [6, 6.07) is 4.96. The number of nitrogens with zero attached hydrogens (tertiary/aromatic N) is 1. The van der Waals surface area contributed by atoms with E-state index in [2.05, 4.69) is 0 Å². The summed E-state index contributed by atoms with van der Waals surface area (Å²) < 4.78 is 0. The van der Waals surface area contributed by atoms with E-state index in [1.807, 2.05) is 13.8 Å². The van der Waals surface area contributed by atoms with Crippen LogP contribution in [0, 0.1) is 6.92 Å². The van der Waals surface area contributed by atoms with Crippen molar-refractivity contribution in [1.82, 2.24) is 0 Å². The molecule has 0 aliphatic rings. The summed E-state index contributed by atoms with van der Waals surface area (Å²) in [5.74, 6) is -1.07. The fraction of sp³-hybridized carbons (Fsp3) is 0.385. The first-order chi connectivity index (χ1) is 7.86. The third-order valence-electron chi connectivity index (χ3n) is 2.65. The van der Waals surface area contributed by atoms with Gasteiger partial charge in [0.25, 0.3) is 0 Å². The monoisotopic (exact) mass is 235 g/mol. The minimum atomic E-state index is -0.975. The molecular weight excluding hydrogens is 218 g/mol. The van der Waals surface area contributed by atoms with E-state index < -0.39 is 5.97 Å². The van der Waals surface area contributed by atoms with Crippen LogP contribution in [0.2, 0.25) is 0 Å². The zero-order valence-corrected chi connectivity index (χ0v) is 10.5. The van der Waals surface area contributed by atoms with Crippen molar-refractivity contribution in [3.05, 3.63) is 29.3 Å². The Labute approximate surface area is 101 Å². The molecule has 0 atom stereocenters. The van der Waals surface area contributed by atoms with Gasteiger partial charge in [0.05, 0.1) is 5.56 Å². The average Bonchev–Trinajstić information content (AvgIpc) is 2.19. The van der Waals surface area contributed by atoms with Crippen molar-refractivity contribution in [2.24, 2.45) is 0 Å². The molecule has 0 saturated heterocycles. The average molecular weight is 235 g/mol. The van der Waals surface area contributed by atoms with Gasteiger partial charge in [-0.1, -0.05) is 6.07 Å². The van der Waals surface area contributed by atoms with E-state index in [-0.39, 0.29) is 17.5 Å². The molecular formula is C13H17NO3. The zero-order valence-electron chi connectivity index (χ0n) is 10.5. The van der Waals surface area contributed by atoms with E-state index in [4.69, 9.17) is 5.11 Å². The third kappa shape index (κ3) is 2.64. The van der Waals surface area contributed by atoms with Crippen molar-refractivity contribution in [2.45, 2.75) is 33.7 Å². The Morgan fingerprint density at radius 1 is 1.29 bits per heavy atom. The van der Waals surface area contributed by atoms with E-state index in [1.165, 1.54) is 6.92 Å². The molecule has 0 spiro atoms. The molecule has 1 amide bonds. The van der Waals surface area contributed by atoms with E-state index in [1.54, 1.807) is 30.0 Å². The van der Waals surface area contributed by atoms with Crippen LogP contribution in [-0.4, -0.2) is 23.0 Å². The number of carbonyl (C=O) groups excluding carboxylic acids is 1. The number of anilines is 1. The number of hydrogen-bond donors (Lipinski definition) is 1. The van der Waals surface area contributed by atoms with Gasteiger partial charge in [-0.15, -0.1) is 0 Å². The molecule has 1 rings (SSSR count). The van der Waals surface area contributed by atoms with E-state index >= 15 is 0 Å². The molecule has 0 aromatic heterocycles. The fourth-order valence-electron chi connectivity index (χ4n) is 1.93. The first kappa shape index (κ1) is 13.2. The predicted molar refractivity (Wildman–Crippen MR) is 66.4 cm³/mol. The smallest absolute Gasteiger partial charge is 0.336 e. The van der Waals surface area contributed by atoms with Gasteiger partial charge in [0, 0.05) is 18.7 Å².